The molecule has 0 spiro atoms. The van der Waals surface area contributed by atoms with E-state index in [-0.39, 0.29) is 5.97 Å². The smallest absolute Gasteiger partial charge is 0.340 e. The van der Waals surface area contributed by atoms with Gasteiger partial charge in [-0.15, -0.1) is 0 Å². The third kappa shape index (κ3) is 3.60. The first kappa shape index (κ1) is 16.9. The van der Waals surface area contributed by atoms with Crippen LogP contribution in [-0.4, -0.2) is 31.4 Å². The number of rotatable bonds is 7. The van der Waals surface area contributed by atoms with Gasteiger partial charge in [0.2, 0.25) is 0 Å². The summed E-state index contributed by atoms with van der Waals surface area (Å²) in [5, 5.41) is 0.903. The maximum atomic E-state index is 12.0. The predicted octanol–water partition coefficient (Wildman–Crippen LogP) is 3.91. The highest BCUT2D eigenvalue weighted by Crippen LogP contribution is 2.26. The van der Waals surface area contributed by atoms with E-state index in [9.17, 15) is 4.79 Å². The lowest BCUT2D eigenvalue weighted by Crippen LogP contribution is -2.05. The first-order valence-corrected chi connectivity index (χ1v) is 8.16. The number of carbonyl (C=O) groups excluding carboxylic acids is 1. The van der Waals surface area contributed by atoms with Crippen LogP contribution < -0.4 is 9.47 Å². The zero-order valence-corrected chi connectivity index (χ0v) is 14.4. The molecular weight excluding hydrogens is 318 g/mol. The van der Waals surface area contributed by atoms with Gasteiger partial charge in [0.05, 0.1) is 26.4 Å². The molecule has 0 atom stereocenters. The third-order valence-corrected chi connectivity index (χ3v) is 4.06. The van der Waals surface area contributed by atoms with Gasteiger partial charge < -0.3 is 18.8 Å². The Kier molecular flexibility index (Phi) is 5.23. The van der Waals surface area contributed by atoms with Crippen LogP contribution in [0.5, 0.6) is 11.5 Å². The first-order chi connectivity index (χ1) is 12.2. The summed E-state index contributed by atoms with van der Waals surface area (Å²) in [6.45, 7) is 1.30. The quantitative estimate of drug-likeness (QED) is 0.484. The van der Waals surface area contributed by atoms with Crippen LogP contribution >= 0.6 is 0 Å². The molecule has 0 fully saturated rings. The minimum atomic E-state index is -0.319. The number of aryl methyl sites for hydroxylation is 1. The van der Waals surface area contributed by atoms with Crippen molar-refractivity contribution in [3.05, 3.63) is 60.3 Å². The molecule has 3 aromatic rings. The second kappa shape index (κ2) is 7.75. The summed E-state index contributed by atoms with van der Waals surface area (Å²) in [5.74, 6) is 1.14. The third-order valence-electron chi connectivity index (χ3n) is 4.06. The fourth-order valence-corrected chi connectivity index (χ4v) is 2.86. The Balaban J connectivity index is 1.68. The molecule has 0 bridgehead atoms. The van der Waals surface area contributed by atoms with Crippen molar-refractivity contribution in [2.75, 3.05) is 20.8 Å². The van der Waals surface area contributed by atoms with Gasteiger partial charge in [-0.05, 0) is 24.6 Å². The number of nitrogens with zero attached hydrogens (tertiary/aromatic N) is 1. The summed E-state index contributed by atoms with van der Waals surface area (Å²) >= 11 is 0. The van der Waals surface area contributed by atoms with E-state index in [0.717, 1.165) is 35.4 Å². The van der Waals surface area contributed by atoms with E-state index >= 15 is 0 Å². The van der Waals surface area contributed by atoms with Crippen LogP contribution in [0.15, 0.2) is 54.7 Å². The second-order valence-corrected chi connectivity index (χ2v) is 5.60. The molecule has 1 heterocycles. The molecule has 5 nitrogen and oxygen atoms in total. The van der Waals surface area contributed by atoms with Crippen molar-refractivity contribution >= 4 is 16.9 Å². The number of hydrogen-bond donors (Lipinski definition) is 0. The van der Waals surface area contributed by atoms with Gasteiger partial charge >= 0.3 is 5.97 Å². The average Bonchev–Trinajstić information content (AvgIpc) is 3.04. The fourth-order valence-electron chi connectivity index (χ4n) is 2.86. The topological polar surface area (TPSA) is 49.7 Å². The molecule has 0 saturated carbocycles. The van der Waals surface area contributed by atoms with Crippen molar-refractivity contribution in [1.82, 2.24) is 4.57 Å². The Bertz CT molecular complexity index is 869. The molecule has 2 aromatic carbocycles. The van der Waals surface area contributed by atoms with E-state index in [1.165, 1.54) is 7.11 Å². The van der Waals surface area contributed by atoms with E-state index < -0.39 is 0 Å². The molecule has 25 heavy (non-hydrogen) atoms. The van der Waals surface area contributed by atoms with E-state index in [1.54, 1.807) is 7.11 Å². The zero-order chi connectivity index (χ0) is 17.6. The van der Waals surface area contributed by atoms with Crippen LogP contribution in [0.25, 0.3) is 10.9 Å². The lowest BCUT2D eigenvalue weighted by molar-refractivity contribution is 0.0602. The molecular formula is C20H21NO4. The lowest BCUT2D eigenvalue weighted by Gasteiger charge is -2.10. The van der Waals surface area contributed by atoms with Gasteiger partial charge in [0.25, 0.3) is 0 Å². The number of hydrogen-bond acceptors (Lipinski definition) is 4. The molecule has 130 valence electrons. The number of ether oxygens (including phenoxy) is 3. The van der Waals surface area contributed by atoms with Crippen LogP contribution in [-0.2, 0) is 11.3 Å². The summed E-state index contributed by atoms with van der Waals surface area (Å²) < 4.78 is 18.0. The Morgan fingerprint density at radius 3 is 2.48 bits per heavy atom. The summed E-state index contributed by atoms with van der Waals surface area (Å²) in [5.41, 5.74) is 1.60. The number of esters is 1. The molecule has 0 amide bonds. The van der Waals surface area contributed by atoms with Crippen LogP contribution in [0.1, 0.15) is 16.8 Å². The second-order valence-electron chi connectivity index (χ2n) is 5.60. The predicted molar refractivity (Wildman–Crippen MR) is 96.4 cm³/mol. The summed E-state index contributed by atoms with van der Waals surface area (Å²) in [6, 6.07) is 15.4. The fraction of sp³-hybridized carbons (Fsp3) is 0.250. The van der Waals surface area contributed by atoms with E-state index in [4.69, 9.17) is 14.2 Å². The molecule has 0 aliphatic carbocycles. The Labute approximate surface area is 146 Å². The standard InChI is InChI=1S/C20H21NO4/c1-23-18-10-5-6-11-19(18)25-13-7-12-21-14-16(20(22)24-2)15-8-3-4-9-17(15)21/h3-6,8-11,14H,7,12-13H2,1-2H3. The minimum Gasteiger partial charge on any atom is -0.493 e. The summed E-state index contributed by atoms with van der Waals surface area (Å²) in [4.78, 5) is 12.0. The number of methoxy groups -OCH3 is 2. The molecule has 0 aliphatic heterocycles. The van der Waals surface area contributed by atoms with Gasteiger partial charge in [-0.2, -0.15) is 0 Å². The summed E-state index contributed by atoms with van der Waals surface area (Å²) in [7, 11) is 3.03. The number of fused-ring (bicyclic) bond motifs is 1. The maximum absolute atomic E-state index is 12.0. The van der Waals surface area contributed by atoms with E-state index in [0.29, 0.717) is 12.2 Å². The highest BCUT2D eigenvalue weighted by atomic mass is 16.5. The van der Waals surface area contributed by atoms with Crippen LogP contribution in [0.4, 0.5) is 0 Å². The van der Waals surface area contributed by atoms with Crippen molar-refractivity contribution in [1.29, 1.82) is 0 Å². The van der Waals surface area contributed by atoms with Crippen LogP contribution in [0, 0.1) is 0 Å². The number of carbonyl (C=O) groups is 1. The molecule has 0 radical (unpaired) electrons. The average molecular weight is 339 g/mol. The minimum absolute atomic E-state index is 0.319. The zero-order valence-electron chi connectivity index (χ0n) is 14.4. The Hall–Kier alpha value is -2.95. The molecule has 1 aromatic heterocycles. The molecule has 0 saturated heterocycles. The largest absolute Gasteiger partial charge is 0.493 e. The molecule has 3 rings (SSSR count). The number of benzene rings is 2. The van der Waals surface area contributed by atoms with Gasteiger partial charge in [0.1, 0.15) is 0 Å². The van der Waals surface area contributed by atoms with Gasteiger partial charge in [-0.25, -0.2) is 4.79 Å². The number of aromatic nitrogens is 1. The van der Waals surface area contributed by atoms with Crippen molar-refractivity contribution in [3.8, 4) is 11.5 Å². The van der Waals surface area contributed by atoms with Gasteiger partial charge in [0, 0.05) is 23.6 Å². The van der Waals surface area contributed by atoms with Crippen molar-refractivity contribution in [2.24, 2.45) is 0 Å². The molecule has 5 heteroatoms. The van der Waals surface area contributed by atoms with Crippen molar-refractivity contribution in [2.45, 2.75) is 13.0 Å². The highest BCUT2D eigenvalue weighted by molar-refractivity contribution is 6.04. The summed E-state index contributed by atoms with van der Waals surface area (Å²) in [6.07, 6.45) is 2.65. The van der Waals surface area contributed by atoms with Crippen LogP contribution in [0.2, 0.25) is 0 Å². The highest BCUT2D eigenvalue weighted by Gasteiger charge is 2.14. The number of para-hydroxylation sites is 3. The van der Waals surface area contributed by atoms with Crippen LogP contribution in [0.3, 0.4) is 0 Å². The Morgan fingerprint density at radius 1 is 1.00 bits per heavy atom. The molecule has 0 unspecified atom stereocenters. The van der Waals surface area contributed by atoms with Gasteiger partial charge in [0.15, 0.2) is 11.5 Å². The monoisotopic (exact) mass is 339 g/mol. The SMILES string of the molecule is COC(=O)c1cn(CCCOc2ccccc2OC)c2ccccc12. The van der Waals surface area contributed by atoms with Crippen molar-refractivity contribution < 1.29 is 19.0 Å². The normalized spacial score (nSPS) is 10.6. The lowest BCUT2D eigenvalue weighted by atomic mass is 10.2. The molecule has 0 N–H and O–H groups in total. The van der Waals surface area contributed by atoms with Gasteiger partial charge in [-0.1, -0.05) is 30.3 Å². The first-order valence-electron chi connectivity index (χ1n) is 8.16. The van der Waals surface area contributed by atoms with E-state index in [1.807, 2.05) is 54.7 Å². The van der Waals surface area contributed by atoms with Crippen molar-refractivity contribution in [3.63, 3.8) is 0 Å². The maximum Gasteiger partial charge on any atom is 0.340 e. The molecule has 0 aliphatic rings. The van der Waals surface area contributed by atoms with Gasteiger partial charge in [-0.3, -0.25) is 0 Å². The van der Waals surface area contributed by atoms with E-state index in [2.05, 4.69) is 4.57 Å². The Morgan fingerprint density at radius 2 is 1.72 bits per heavy atom.